The number of rotatable bonds is 1. The SMILES string of the molecule is CC1CCOC1(C)C=O. The van der Waals surface area contributed by atoms with Crippen LogP contribution < -0.4 is 0 Å². The number of hydrogen-bond acceptors (Lipinski definition) is 2. The van der Waals surface area contributed by atoms with Crippen LogP contribution in [0, 0.1) is 5.92 Å². The third-order valence-corrected chi connectivity index (χ3v) is 2.18. The molecular weight excluding hydrogens is 116 g/mol. The van der Waals surface area contributed by atoms with Gasteiger partial charge in [0, 0.05) is 6.61 Å². The summed E-state index contributed by atoms with van der Waals surface area (Å²) in [6.07, 6.45) is 1.92. The number of hydrogen-bond donors (Lipinski definition) is 0. The molecule has 2 unspecified atom stereocenters. The van der Waals surface area contributed by atoms with E-state index in [0.29, 0.717) is 5.92 Å². The second-order valence-electron chi connectivity index (χ2n) is 2.84. The van der Waals surface area contributed by atoms with Crippen molar-refractivity contribution < 1.29 is 9.53 Å². The van der Waals surface area contributed by atoms with E-state index < -0.39 is 5.60 Å². The normalized spacial score (nSPS) is 43.1. The summed E-state index contributed by atoms with van der Waals surface area (Å²) in [5.41, 5.74) is -0.486. The molecule has 2 heteroatoms. The van der Waals surface area contributed by atoms with Crippen LogP contribution in [0.2, 0.25) is 0 Å². The van der Waals surface area contributed by atoms with Crippen molar-refractivity contribution in [2.45, 2.75) is 25.9 Å². The Kier molecular flexibility index (Phi) is 1.58. The van der Waals surface area contributed by atoms with E-state index in [2.05, 4.69) is 0 Å². The molecule has 9 heavy (non-hydrogen) atoms. The van der Waals surface area contributed by atoms with Gasteiger partial charge in [-0.3, -0.25) is 0 Å². The molecule has 1 fully saturated rings. The highest BCUT2D eigenvalue weighted by Gasteiger charge is 2.36. The molecule has 0 aliphatic carbocycles. The molecule has 0 aromatic heterocycles. The van der Waals surface area contributed by atoms with Gasteiger partial charge in [0.2, 0.25) is 0 Å². The fraction of sp³-hybridized carbons (Fsp3) is 0.857. The van der Waals surface area contributed by atoms with E-state index in [9.17, 15) is 4.79 Å². The molecule has 1 aliphatic rings. The Balaban J connectivity index is 2.66. The van der Waals surface area contributed by atoms with Crippen molar-refractivity contribution in [3.05, 3.63) is 0 Å². The summed E-state index contributed by atoms with van der Waals surface area (Å²) in [5.74, 6) is 0.384. The first-order valence-electron chi connectivity index (χ1n) is 3.29. The topological polar surface area (TPSA) is 26.3 Å². The lowest BCUT2D eigenvalue weighted by atomic mass is 9.93. The largest absolute Gasteiger partial charge is 0.368 e. The lowest BCUT2D eigenvalue weighted by molar-refractivity contribution is -0.126. The maximum absolute atomic E-state index is 10.4. The number of aldehydes is 1. The van der Waals surface area contributed by atoms with Gasteiger partial charge in [0.15, 0.2) is 6.29 Å². The Bertz CT molecular complexity index is 122. The summed E-state index contributed by atoms with van der Waals surface area (Å²) in [4.78, 5) is 10.4. The molecule has 0 bridgehead atoms. The van der Waals surface area contributed by atoms with Crippen LogP contribution >= 0.6 is 0 Å². The molecule has 0 radical (unpaired) electrons. The zero-order valence-electron chi connectivity index (χ0n) is 5.89. The predicted molar refractivity (Wildman–Crippen MR) is 34.2 cm³/mol. The number of carbonyl (C=O) groups is 1. The molecule has 0 N–H and O–H groups in total. The van der Waals surface area contributed by atoms with E-state index in [0.717, 1.165) is 19.3 Å². The van der Waals surface area contributed by atoms with Gasteiger partial charge < -0.3 is 9.53 Å². The average molecular weight is 128 g/mol. The van der Waals surface area contributed by atoms with E-state index >= 15 is 0 Å². The fourth-order valence-corrected chi connectivity index (χ4v) is 1.03. The molecule has 52 valence electrons. The summed E-state index contributed by atoms with van der Waals surface area (Å²) >= 11 is 0. The molecule has 0 aromatic rings. The zero-order valence-corrected chi connectivity index (χ0v) is 5.89. The molecular formula is C7H12O2. The third kappa shape index (κ3) is 0.990. The smallest absolute Gasteiger partial charge is 0.151 e. The second-order valence-corrected chi connectivity index (χ2v) is 2.84. The van der Waals surface area contributed by atoms with Crippen molar-refractivity contribution in [2.24, 2.45) is 5.92 Å². The molecule has 1 saturated heterocycles. The van der Waals surface area contributed by atoms with Crippen LogP contribution in [0.3, 0.4) is 0 Å². The lowest BCUT2D eigenvalue weighted by Gasteiger charge is -2.19. The Morgan fingerprint density at radius 3 is 2.67 bits per heavy atom. The van der Waals surface area contributed by atoms with E-state index in [1.165, 1.54) is 0 Å². The molecule has 0 saturated carbocycles. The molecule has 1 rings (SSSR count). The molecule has 2 nitrogen and oxygen atoms in total. The van der Waals surface area contributed by atoms with Crippen molar-refractivity contribution in [3.63, 3.8) is 0 Å². The number of carbonyl (C=O) groups excluding carboxylic acids is 1. The Morgan fingerprint density at radius 1 is 1.78 bits per heavy atom. The third-order valence-electron chi connectivity index (χ3n) is 2.18. The standard InChI is InChI=1S/C7H12O2/c1-6-3-4-9-7(6,2)5-8/h5-6H,3-4H2,1-2H3. The minimum atomic E-state index is -0.486. The Hall–Kier alpha value is -0.370. The molecule has 0 aromatic carbocycles. The molecule has 1 aliphatic heterocycles. The molecule has 2 atom stereocenters. The van der Waals surface area contributed by atoms with Crippen LogP contribution in [0.15, 0.2) is 0 Å². The second kappa shape index (κ2) is 2.10. The van der Waals surface area contributed by atoms with Crippen molar-refractivity contribution in [1.82, 2.24) is 0 Å². The summed E-state index contributed by atoms with van der Waals surface area (Å²) in [6, 6.07) is 0. The van der Waals surface area contributed by atoms with Gasteiger partial charge in [-0.1, -0.05) is 6.92 Å². The summed E-state index contributed by atoms with van der Waals surface area (Å²) in [5, 5.41) is 0. The maximum atomic E-state index is 10.4. The fourth-order valence-electron chi connectivity index (χ4n) is 1.03. The minimum absolute atomic E-state index is 0.384. The van der Waals surface area contributed by atoms with Gasteiger partial charge in [-0.2, -0.15) is 0 Å². The van der Waals surface area contributed by atoms with Gasteiger partial charge in [0.05, 0.1) is 0 Å². The van der Waals surface area contributed by atoms with Crippen molar-refractivity contribution >= 4 is 6.29 Å². The Labute approximate surface area is 55.2 Å². The number of ether oxygens (including phenoxy) is 1. The van der Waals surface area contributed by atoms with Gasteiger partial charge in [0.25, 0.3) is 0 Å². The average Bonchev–Trinajstić information content (AvgIpc) is 2.15. The highest BCUT2D eigenvalue weighted by atomic mass is 16.5. The zero-order chi connectivity index (χ0) is 6.91. The van der Waals surface area contributed by atoms with Crippen LogP contribution in [0.25, 0.3) is 0 Å². The van der Waals surface area contributed by atoms with Gasteiger partial charge in [-0.15, -0.1) is 0 Å². The van der Waals surface area contributed by atoms with Crippen molar-refractivity contribution in [2.75, 3.05) is 6.61 Å². The first kappa shape index (κ1) is 6.75. The highest BCUT2D eigenvalue weighted by molar-refractivity contribution is 5.62. The van der Waals surface area contributed by atoms with Gasteiger partial charge in [0.1, 0.15) is 5.60 Å². The van der Waals surface area contributed by atoms with E-state index in [-0.39, 0.29) is 0 Å². The van der Waals surface area contributed by atoms with Crippen LogP contribution in [-0.4, -0.2) is 18.5 Å². The van der Waals surface area contributed by atoms with Crippen LogP contribution in [0.5, 0.6) is 0 Å². The van der Waals surface area contributed by atoms with Crippen molar-refractivity contribution in [3.8, 4) is 0 Å². The van der Waals surface area contributed by atoms with Crippen molar-refractivity contribution in [1.29, 1.82) is 0 Å². The highest BCUT2D eigenvalue weighted by Crippen LogP contribution is 2.28. The molecule has 0 spiro atoms. The molecule has 0 amide bonds. The van der Waals surface area contributed by atoms with E-state index in [4.69, 9.17) is 4.74 Å². The van der Waals surface area contributed by atoms with Crippen LogP contribution in [0.4, 0.5) is 0 Å². The summed E-state index contributed by atoms with van der Waals surface area (Å²) in [6.45, 7) is 4.62. The first-order chi connectivity index (χ1) is 4.19. The van der Waals surface area contributed by atoms with Crippen LogP contribution in [-0.2, 0) is 9.53 Å². The Morgan fingerprint density at radius 2 is 2.44 bits per heavy atom. The predicted octanol–water partition coefficient (Wildman–Crippen LogP) is 1.00. The lowest BCUT2D eigenvalue weighted by Crippen LogP contribution is -2.31. The van der Waals surface area contributed by atoms with Gasteiger partial charge in [-0.05, 0) is 19.3 Å². The van der Waals surface area contributed by atoms with Gasteiger partial charge in [-0.25, -0.2) is 0 Å². The molecule has 1 heterocycles. The quantitative estimate of drug-likeness (QED) is 0.492. The summed E-state index contributed by atoms with van der Waals surface area (Å²) in [7, 11) is 0. The van der Waals surface area contributed by atoms with Crippen LogP contribution in [0.1, 0.15) is 20.3 Å². The maximum Gasteiger partial charge on any atom is 0.151 e. The minimum Gasteiger partial charge on any atom is -0.368 e. The van der Waals surface area contributed by atoms with E-state index in [1.807, 2.05) is 13.8 Å². The van der Waals surface area contributed by atoms with E-state index in [1.54, 1.807) is 0 Å². The summed E-state index contributed by atoms with van der Waals surface area (Å²) < 4.78 is 5.23. The first-order valence-corrected chi connectivity index (χ1v) is 3.29. The van der Waals surface area contributed by atoms with Gasteiger partial charge >= 0.3 is 0 Å². The monoisotopic (exact) mass is 128 g/mol.